The number of hydrogen-bond acceptors (Lipinski definition) is 4. The van der Waals surface area contributed by atoms with Crippen molar-refractivity contribution in [3.05, 3.63) is 78.4 Å². The zero-order valence-corrected chi connectivity index (χ0v) is 19.1. The first-order valence-corrected chi connectivity index (χ1v) is 10.4. The number of esters is 1. The van der Waals surface area contributed by atoms with Crippen LogP contribution >= 0.6 is 0 Å². The molecule has 178 valence electrons. The van der Waals surface area contributed by atoms with E-state index in [1.54, 1.807) is 36.4 Å². The predicted molar refractivity (Wildman–Crippen MR) is 123 cm³/mol. The van der Waals surface area contributed by atoms with Crippen molar-refractivity contribution in [3.8, 4) is 16.9 Å². The van der Waals surface area contributed by atoms with Crippen LogP contribution in [-0.2, 0) is 19.7 Å². The van der Waals surface area contributed by atoms with E-state index in [2.05, 4.69) is 30.2 Å². The van der Waals surface area contributed by atoms with E-state index in [-0.39, 0.29) is 11.2 Å². The summed E-state index contributed by atoms with van der Waals surface area (Å²) in [7, 11) is 1.13. The van der Waals surface area contributed by atoms with Crippen LogP contribution in [0.25, 0.3) is 11.1 Å². The van der Waals surface area contributed by atoms with Gasteiger partial charge < -0.3 is 9.47 Å². The Morgan fingerprint density at radius 1 is 0.794 bits per heavy atom. The second-order valence-electron chi connectivity index (χ2n) is 8.55. The number of ether oxygens (including phenoxy) is 2. The van der Waals surface area contributed by atoms with Crippen LogP contribution in [0.2, 0.25) is 0 Å². The van der Waals surface area contributed by atoms with Crippen molar-refractivity contribution in [2.24, 2.45) is 0 Å². The molecule has 0 spiro atoms. The van der Waals surface area contributed by atoms with Crippen molar-refractivity contribution >= 4 is 23.3 Å². The summed E-state index contributed by atoms with van der Waals surface area (Å²) in [5, 5.41) is 0. The fourth-order valence-electron chi connectivity index (χ4n) is 3.35. The lowest BCUT2D eigenvalue weighted by atomic mass is 9.87. The monoisotopic (exact) mass is 471 g/mol. The maximum Gasteiger partial charge on any atom is 0.573 e. The fourth-order valence-corrected chi connectivity index (χ4v) is 3.35. The summed E-state index contributed by atoms with van der Waals surface area (Å²) < 4.78 is 45.8. The van der Waals surface area contributed by atoms with Crippen LogP contribution in [0, 0.1) is 0 Å². The minimum atomic E-state index is -4.78. The van der Waals surface area contributed by atoms with Crippen LogP contribution in [0.4, 0.5) is 24.5 Å². The van der Waals surface area contributed by atoms with E-state index in [9.17, 15) is 22.8 Å². The smallest absolute Gasteiger partial charge is 0.462 e. The normalized spacial score (nSPS) is 11.6. The summed E-state index contributed by atoms with van der Waals surface area (Å²) >= 11 is 0. The predicted octanol–water partition coefficient (Wildman–Crippen LogP) is 6.39. The van der Waals surface area contributed by atoms with Crippen molar-refractivity contribution in [2.45, 2.75) is 32.5 Å². The third-order valence-corrected chi connectivity index (χ3v) is 5.08. The van der Waals surface area contributed by atoms with Crippen molar-refractivity contribution in [1.82, 2.24) is 0 Å². The molecule has 0 aliphatic carbocycles. The van der Waals surface area contributed by atoms with Gasteiger partial charge in [-0.2, -0.15) is 0 Å². The van der Waals surface area contributed by atoms with Gasteiger partial charge in [-0.05, 0) is 58.5 Å². The molecule has 0 fully saturated rings. The maximum absolute atomic E-state index is 12.9. The first-order chi connectivity index (χ1) is 15.9. The van der Waals surface area contributed by atoms with Crippen LogP contribution in [0.15, 0.2) is 72.8 Å². The number of hydrogen-bond donors (Lipinski definition) is 0. The number of anilines is 2. The third kappa shape index (κ3) is 5.95. The standard InChI is InChI=1S/C26H24F3NO4/c1-25(2,3)19-10-12-20(13-11-19)30(23(31)24(32)33-4)21-7-5-6-18(16-21)17-8-14-22(15-9-17)34-26(27,28)29/h5-16H,1-4H3. The molecular formula is C26H24F3NO4. The molecule has 0 bridgehead atoms. The Morgan fingerprint density at radius 2 is 1.41 bits per heavy atom. The first kappa shape index (κ1) is 24.8. The molecule has 0 heterocycles. The summed E-state index contributed by atoms with van der Waals surface area (Å²) in [6, 6.07) is 19.4. The lowest BCUT2D eigenvalue weighted by Crippen LogP contribution is -2.33. The van der Waals surface area contributed by atoms with Crippen molar-refractivity contribution in [1.29, 1.82) is 0 Å². The molecule has 0 aliphatic rings. The Labute approximate surface area is 195 Å². The molecule has 3 aromatic carbocycles. The molecule has 0 saturated carbocycles. The lowest BCUT2D eigenvalue weighted by Gasteiger charge is -2.24. The van der Waals surface area contributed by atoms with E-state index in [0.717, 1.165) is 12.7 Å². The highest BCUT2D eigenvalue weighted by molar-refractivity contribution is 6.39. The van der Waals surface area contributed by atoms with Gasteiger partial charge in [-0.1, -0.05) is 57.2 Å². The second-order valence-corrected chi connectivity index (χ2v) is 8.55. The summed E-state index contributed by atoms with van der Waals surface area (Å²) in [4.78, 5) is 26.3. The van der Waals surface area contributed by atoms with E-state index in [1.165, 1.54) is 29.2 Å². The number of nitrogens with zero attached hydrogens (tertiary/aromatic N) is 1. The lowest BCUT2D eigenvalue weighted by molar-refractivity contribution is -0.274. The number of benzene rings is 3. The van der Waals surface area contributed by atoms with Crippen molar-refractivity contribution in [3.63, 3.8) is 0 Å². The molecule has 0 unspecified atom stereocenters. The number of carbonyl (C=O) groups excluding carboxylic acids is 2. The number of amides is 1. The number of carbonyl (C=O) groups is 2. The molecule has 1 amide bonds. The van der Waals surface area contributed by atoms with Gasteiger partial charge in [0.1, 0.15) is 5.75 Å². The molecular weight excluding hydrogens is 447 g/mol. The van der Waals surface area contributed by atoms with Gasteiger partial charge in [0.15, 0.2) is 0 Å². The third-order valence-electron chi connectivity index (χ3n) is 5.08. The minimum Gasteiger partial charge on any atom is -0.462 e. The quantitative estimate of drug-likeness (QED) is 0.327. The Kier molecular flexibility index (Phi) is 7.00. The van der Waals surface area contributed by atoms with Gasteiger partial charge in [-0.25, -0.2) is 4.79 Å². The highest BCUT2D eigenvalue weighted by Crippen LogP contribution is 2.33. The van der Waals surface area contributed by atoms with Gasteiger partial charge in [-0.15, -0.1) is 13.2 Å². The fraction of sp³-hybridized carbons (Fsp3) is 0.231. The molecule has 0 aromatic heterocycles. The summed E-state index contributed by atoms with van der Waals surface area (Å²) in [5.74, 6) is -2.25. The first-order valence-electron chi connectivity index (χ1n) is 10.4. The number of rotatable bonds is 4. The van der Waals surface area contributed by atoms with E-state index >= 15 is 0 Å². The van der Waals surface area contributed by atoms with Gasteiger partial charge in [0.25, 0.3) is 0 Å². The molecule has 0 radical (unpaired) electrons. The number of methoxy groups -OCH3 is 1. The summed E-state index contributed by atoms with van der Waals surface area (Å²) in [6.45, 7) is 6.19. The zero-order chi connectivity index (χ0) is 25.1. The Balaban J connectivity index is 2.00. The van der Waals surface area contributed by atoms with E-state index < -0.39 is 18.2 Å². The molecule has 3 rings (SSSR count). The van der Waals surface area contributed by atoms with Gasteiger partial charge in [0.2, 0.25) is 0 Å². The van der Waals surface area contributed by atoms with Crippen LogP contribution in [0.3, 0.4) is 0 Å². The van der Waals surface area contributed by atoms with Gasteiger partial charge in [-0.3, -0.25) is 9.69 Å². The molecule has 0 aliphatic heterocycles. The van der Waals surface area contributed by atoms with Gasteiger partial charge in [0.05, 0.1) is 12.8 Å². The van der Waals surface area contributed by atoms with Crippen molar-refractivity contribution < 1.29 is 32.2 Å². The second kappa shape index (κ2) is 9.59. The van der Waals surface area contributed by atoms with Gasteiger partial charge >= 0.3 is 18.2 Å². The van der Waals surface area contributed by atoms with Gasteiger partial charge in [0, 0.05) is 5.69 Å². The molecule has 8 heteroatoms. The average Bonchev–Trinajstić information content (AvgIpc) is 2.78. The average molecular weight is 471 g/mol. The Hall–Kier alpha value is -3.81. The molecule has 5 nitrogen and oxygen atoms in total. The zero-order valence-electron chi connectivity index (χ0n) is 19.1. The molecule has 0 N–H and O–H groups in total. The Bertz CT molecular complexity index is 1160. The minimum absolute atomic E-state index is 0.0996. The van der Waals surface area contributed by atoms with Crippen LogP contribution in [0.1, 0.15) is 26.3 Å². The highest BCUT2D eigenvalue weighted by Gasteiger charge is 2.31. The number of halogens is 3. The highest BCUT2D eigenvalue weighted by atomic mass is 19.4. The topological polar surface area (TPSA) is 55.8 Å². The molecule has 34 heavy (non-hydrogen) atoms. The van der Waals surface area contributed by atoms with Crippen LogP contribution in [0.5, 0.6) is 5.75 Å². The maximum atomic E-state index is 12.9. The molecule has 0 atom stereocenters. The summed E-state index contributed by atoms with van der Waals surface area (Å²) in [5.41, 5.74) is 3.05. The van der Waals surface area contributed by atoms with Crippen LogP contribution in [-0.4, -0.2) is 25.3 Å². The largest absolute Gasteiger partial charge is 0.573 e. The summed E-state index contributed by atoms with van der Waals surface area (Å²) in [6.07, 6.45) is -4.78. The van der Waals surface area contributed by atoms with Crippen molar-refractivity contribution in [2.75, 3.05) is 12.0 Å². The van der Waals surface area contributed by atoms with E-state index in [0.29, 0.717) is 22.5 Å². The van der Waals surface area contributed by atoms with Crippen LogP contribution < -0.4 is 9.64 Å². The SMILES string of the molecule is COC(=O)C(=O)N(c1ccc(C(C)(C)C)cc1)c1cccc(-c2ccc(OC(F)(F)F)cc2)c1. The Morgan fingerprint density at radius 3 is 1.94 bits per heavy atom. The molecule has 0 saturated heterocycles. The number of alkyl halides is 3. The van der Waals surface area contributed by atoms with E-state index in [1.807, 2.05) is 12.1 Å². The molecule has 3 aromatic rings. The van der Waals surface area contributed by atoms with E-state index in [4.69, 9.17) is 0 Å².